The fourth-order valence-corrected chi connectivity index (χ4v) is 2.97. The van der Waals surface area contributed by atoms with Crippen LogP contribution < -0.4 is 0 Å². The van der Waals surface area contributed by atoms with Crippen molar-refractivity contribution < 1.29 is 0 Å². The molecule has 0 heterocycles. The van der Waals surface area contributed by atoms with Crippen LogP contribution in [-0.2, 0) is 0 Å². The summed E-state index contributed by atoms with van der Waals surface area (Å²) in [4.78, 5) is 0. The van der Waals surface area contributed by atoms with Gasteiger partial charge in [0, 0.05) is 0 Å². The van der Waals surface area contributed by atoms with Crippen molar-refractivity contribution in [3.05, 3.63) is 0 Å². The summed E-state index contributed by atoms with van der Waals surface area (Å²) < 4.78 is 0. The highest BCUT2D eigenvalue weighted by Crippen LogP contribution is 2.34. The first-order valence-electron chi connectivity index (χ1n) is 7.01. The summed E-state index contributed by atoms with van der Waals surface area (Å²) in [5.41, 5.74) is 0.610. The molecule has 90 valence electrons. The van der Waals surface area contributed by atoms with Crippen LogP contribution in [0.3, 0.4) is 0 Å². The van der Waals surface area contributed by atoms with E-state index in [1.54, 1.807) is 0 Å². The molecule has 0 aromatic carbocycles. The van der Waals surface area contributed by atoms with Gasteiger partial charge in [-0.25, -0.2) is 0 Å². The second-order valence-electron chi connectivity index (χ2n) is 6.66. The Balaban J connectivity index is 2.43. The Morgan fingerprint density at radius 3 is 2.13 bits per heavy atom. The van der Waals surface area contributed by atoms with Gasteiger partial charge in [0.15, 0.2) is 0 Å². The van der Waals surface area contributed by atoms with Crippen molar-refractivity contribution in [2.24, 2.45) is 17.3 Å². The third-order valence-corrected chi connectivity index (χ3v) is 4.30. The van der Waals surface area contributed by atoms with Gasteiger partial charge >= 0.3 is 0 Å². The van der Waals surface area contributed by atoms with Crippen LogP contribution in [0.25, 0.3) is 0 Å². The second kappa shape index (κ2) is 5.92. The van der Waals surface area contributed by atoms with Gasteiger partial charge in [0.25, 0.3) is 0 Å². The van der Waals surface area contributed by atoms with Crippen LogP contribution in [0.1, 0.15) is 79.1 Å². The zero-order chi connectivity index (χ0) is 11.3. The molecule has 1 fully saturated rings. The first-order chi connectivity index (χ1) is 7.01. The van der Waals surface area contributed by atoms with Gasteiger partial charge in [-0.2, -0.15) is 0 Å². The standard InChI is InChI=1S/C15H30/c1-13(2)14-9-6-5-7-11-15(3,4)12-8-10-14/h13-14H,5-12H2,1-4H3. The minimum atomic E-state index is 0.610. The number of hydrogen-bond acceptors (Lipinski definition) is 0. The lowest BCUT2D eigenvalue weighted by Gasteiger charge is -2.29. The van der Waals surface area contributed by atoms with Crippen molar-refractivity contribution in [3.63, 3.8) is 0 Å². The van der Waals surface area contributed by atoms with E-state index < -0.39 is 0 Å². The van der Waals surface area contributed by atoms with Gasteiger partial charge in [-0.15, -0.1) is 0 Å². The van der Waals surface area contributed by atoms with Crippen LogP contribution in [0.5, 0.6) is 0 Å². The molecular formula is C15H30. The van der Waals surface area contributed by atoms with Crippen LogP contribution in [0.15, 0.2) is 0 Å². The number of rotatable bonds is 1. The largest absolute Gasteiger partial charge is 0.0625 e. The predicted octanol–water partition coefficient (Wildman–Crippen LogP) is 5.42. The average Bonchev–Trinajstić information content (AvgIpc) is 2.14. The maximum Gasteiger partial charge on any atom is -0.0354 e. The zero-order valence-corrected chi connectivity index (χ0v) is 11.3. The van der Waals surface area contributed by atoms with Crippen LogP contribution in [-0.4, -0.2) is 0 Å². The van der Waals surface area contributed by atoms with E-state index in [-0.39, 0.29) is 0 Å². The lowest BCUT2D eigenvalue weighted by Crippen LogP contribution is -2.15. The summed E-state index contributed by atoms with van der Waals surface area (Å²) in [7, 11) is 0. The Morgan fingerprint density at radius 1 is 0.867 bits per heavy atom. The highest BCUT2D eigenvalue weighted by molar-refractivity contribution is 4.73. The van der Waals surface area contributed by atoms with Crippen molar-refractivity contribution in [2.45, 2.75) is 79.1 Å². The quantitative estimate of drug-likeness (QED) is 0.542. The van der Waals surface area contributed by atoms with E-state index in [0.29, 0.717) is 5.41 Å². The monoisotopic (exact) mass is 210 g/mol. The van der Waals surface area contributed by atoms with E-state index in [1.807, 2.05) is 0 Å². The molecule has 0 bridgehead atoms. The molecule has 0 heteroatoms. The molecule has 1 rings (SSSR count). The third kappa shape index (κ3) is 5.04. The normalized spacial score (nSPS) is 29.0. The maximum absolute atomic E-state index is 2.46. The molecule has 0 saturated heterocycles. The van der Waals surface area contributed by atoms with Crippen molar-refractivity contribution in [2.75, 3.05) is 0 Å². The molecule has 15 heavy (non-hydrogen) atoms. The lowest BCUT2D eigenvalue weighted by molar-refractivity contribution is 0.236. The van der Waals surface area contributed by atoms with Gasteiger partial charge < -0.3 is 0 Å². The second-order valence-corrected chi connectivity index (χ2v) is 6.66. The van der Waals surface area contributed by atoms with Gasteiger partial charge in [0.05, 0.1) is 0 Å². The van der Waals surface area contributed by atoms with Gasteiger partial charge in [-0.3, -0.25) is 0 Å². The van der Waals surface area contributed by atoms with E-state index in [9.17, 15) is 0 Å². The molecule has 0 aromatic heterocycles. The number of hydrogen-bond donors (Lipinski definition) is 0. The van der Waals surface area contributed by atoms with Crippen molar-refractivity contribution in [3.8, 4) is 0 Å². The molecule has 0 aliphatic heterocycles. The summed E-state index contributed by atoms with van der Waals surface area (Å²) in [5.74, 6) is 1.89. The smallest absolute Gasteiger partial charge is 0.0354 e. The summed E-state index contributed by atoms with van der Waals surface area (Å²) in [5, 5.41) is 0. The molecule has 0 N–H and O–H groups in total. The average molecular weight is 210 g/mol. The fourth-order valence-electron chi connectivity index (χ4n) is 2.97. The molecule has 1 unspecified atom stereocenters. The topological polar surface area (TPSA) is 0 Å². The Morgan fingerprint density at radius 2 is 1.47 bits per heavy atom. The summed E-state index contributed by atoms with van der Waals surface area (Å²) in [6.07, 6.45) is 11.7. The van der Waals surface area contributed by atoms with E-state index in [1.165, 1.54) is 51.4 Å². The van der Waals surface area contributed by atoms with Crippen LogP contribution >= 0.6 is 0 Å². The van der Waals surface area contributed by atoms with Crippen molar-refractivity contribution in [1.29, 1.82) is 0 Å². The summed E-state index contributed by atoms with van der Waals surface area (Å²) >= 11 is 0. The van der Waals surface area contributed by atoms with E-state index in [0.717, 1.165) is 11.8 Å². The summed E-state index contributed by atoms with van der Waals surface area (Å²) in [6, 6.07) is 0. The van der Waals surface area contributed by atoms with Crippen molar-refractivity contribution >= 4 is 0 Å². The van der Waals surface area contributed by atoms with E-state index >= 15 is 0 Å². The molecule has 0 amide bonds. The minimum absolute atomic E-state index is 0.610. The predicted molar refractivity (Wildman–Crippen MR) is 69.0 cm³/mol. The van der Waals surface area contributed by atoms with Gasteiger partial charge in [-0.1, -0.05) is 66.2 Å². The molecular weight excluding hydrogens is 180 g/mol. The molecule has 1 aliphatic carbocycles. The SMILES string of the molecule is CC(C)C1CCCCCC(C)(C)CCC1. The highest BCUT2D eigenvalue weighted by atomic mass is 14.3. The van der Waals surface area contributed by atoms with Crippen molar-refractivity contribution in [1.82, 2.24) is 0 Å². The maximum atomic E-state index is 2.46. The summed E-state index contributed by atoms with van der Waals surface area (Å²) in [6.45, 7) is 9.72. The van der Waals surface area contributed by atoms with Gasteiger partial charge in [-0.05, 0) is 30.1 Å². The third-order valence-electron chi connectivity index (χ3n) is 4.30. The van der Waals surface area contributed by atoms with Gasteiger partial charge in [0.2, 0.25) is 0 Å². The molecule has 0 radical (unpaired) electrons. The highest BCUT2D eigenvalue weighted by Gasteiger charge is 2.20. The molecule has 1 saturated carbocycles. The first kappa shape index (κ1) is 13.1. The zero-order valence-electron chi connectivity index (χ0n) is 11.3. The molecule has 1 atom stereocenters. The Kier molecular flexibility index (Phi) is 5.15. The fraction of sp³-hybridized carbons (Fsp3) is 1.00. The molecule has 1 aliphatic rings. The van der Waals surface area contributed by atoms with E-state index in [2.05, 4.69) is 27.7 Å². The van der Waals surface area contributed by atoms with E-state index in [4.69, 9.17) is 0 Å². The van der Waals surface area contributed by atoms with Gasteiger partial charge in [0.1, 0.15) is 0 Å². The lowest BCUT2D eigenvalue weighted by atomic mass is 9.77. The Bertz CT molecular complexity index is 167. The van der Waals surface area contributed by atoms with Crippen LogP contribution in [0.4, 0.5) is 0 Å². The minimum Gasteiger partial charge on any atom is -0.0625 e. The Hall–Kier alpha value is 0. The van der Waals surface area contributed by atoms with Crippen LogP contribution in [0.2, 0.25) is 0 Å². The molecule has 0 aromatic rings. The Labute approximate surface area is 96.8 Å². The first-order valence-corrected chi connectivity index (χ1v) is 7.01. The molecule has 0 spiro atoms. The molecule has 0 nitrogen and oxygen atoms in total. The van der Waals surface area contributed by atoms with Crippen LogP contribution in [0, 0.1) is 17.3 Å².